The summed E-state index contributed by atoms with van der Waals surface area (Å²) in [6.45, 7) is 0.987. The molecular weight excluding hydrogens is 248 g/mol. The monoisotopic (exact) mass is 260 g/mol. The topological polar surface area (TPSA) is 118 Å². The first-order valence-corrected chi connectivity index (χ1v) is 5.57. The van der Waals surface area contributed by atoms with Crippen LogP contribution in [0.3, 0.4) is 0 Å². The maximum atomic E-state index is 11.8. The molecule has 2 rings (SSSR count). The van der Waals surface area contributed by atoms with Gasteiger partial charge in [-0.25, -0.2) is 0 Å². The number of ether oxygens (including phenoxy) is 1. The number of nitrogens with zero attached hydrogens (tertiary/aromatic N) is 1. The van der Waals surface area contributed by atoms with Gasteiger partial charge in [0.25, 0.3) is 5.91 Å². The van der Waals surface area contributed by atoms with Crippen LogP contribution in [0.1, 0.15) is 15.9 Å². The van der Waals surface area contributed by atoms with E-state index in [0.29, 0.717) is 13.2 Å². The Hall–Kier alpha value is -2.59. The van der Waals surface area contributed by atoms with Gasteiger partial charge in [-0.05, 0) is 18.2 Å². The Morgan fingerprint density at radius 3 is 2.84 bits per heavy atom. The summed E-state index contributed by atoms with van der Waals surface area (Å²) in [5, 5.41) is 30.9. The predicted octanol–water partition coefficient (Wildman–Crippen LogP) is -0.0832. The lowest BCUT2D eigenvalue weighted by atomic mass is 10.1. The van der Waals surface area contributed by atoms with Crippen molar-refractivity contribution in [2.45, 2.75) is 6.04 Å². The van der Waals surface area contributed by atoms with Crippen molar-refractivity contribution in [3.8, 4) is 11.8 Å². The minimum absolute atomic E-state index is 0.0202. The van der Waals surface area contributed by atoms with Crippen molar-refractivity contribution in [2.24, 2.45) is 0 Å². The molecular formula is C12H12N4O3. The molecule has 0 unspecified atom stereocenters. The van der Waals surface area contributed by atoms with Gasteiger partial charge < -0.3 is 15.2 Å². The molecule has 0 aromatic heterocycles. The number of carbonyl (C=O) groups excluding carboxylic acids is 1. The van der Waals surface area contributed by atoms with Crippen molar-refractivity contribution < 1.29 is 14.6 Å². The summed E-state index contributed by atoms with van der Waals surface area (Å²) in [7, 11) is 0. The number of carbonyl (C=O) groups is 1. The highest BCUT2D eigenvalue weighted by Crippen LogP contribution is 2.17. The van der Waals surface area contributed by atoms with Crippen LogP contribution in [0.4, 0.5) is 0 Å². The van der Waals surface area contributed by atoms with Gasteiger partial charge in [-0.2, -0.15) is 5.26 Å². The normalized spacial score (nSPS) is 14.1. The third kappa shape index (κ3) is 3.00. The highest BCUT2D eigenvalue weighted by Gasteiger charge is 2.20. The molecule has 7 nitrogen and oxygen atoms in total. The number of hydrogen-bond donors (Lipinski definition) is 4. The molecule has 1 heterocycles. The SMILES string of the molecule is N#Cc1ccc(O)c(C(=O)NC(=N)NC2COC2)c1. The van der Waals surface area contributed by atoms with Gasteiger partial charge in [-0.1, -0.05) is 0 Å². The van der Waals surface area contributed by atoms with E-state index in [0.717, 1.165) is 0 Å². The first-order valence-electron chi connectivity index (χ1n) is 5.57. The van der Waals surface area contributed by atoms with Crippen LogP contribution in [0, 0.1) is 16.7 Å². The van der Waals surface area contributed by atoms with E-state index in [9.17, 15) is 9.90 Å². The quantitative estimate of drug-likeness (QED) is 0.438. The minimum Gasteiger partial charge on any atom is -0.507 e. The smallest absolute Gasteiger partial charge is 0.261 e. The third-order valence-electron chi connectivity index (χ3n) is 2.60. The Kier molecular flexibility index (Phi) is 3.63. The number of phenols is 1. The van der Waals surface area contributed by atoms with E-state index >= 15 is 0 Å². The highest BCUT2D eigenvalue weighted by molar-refractivity contribution is 6.06. The van der Waals surface area contributed by atoms with Crippen LogP contribution in [0.15, 0.2) is 18.2 Å². The highest BCUT2D eigenvalue weighted by atomic mass is 16.5. The summed E-state index contributed by atoms with van der Waals surface area (Å²) in [6, 6.07) is 5.84. The molecule has 1 saturated heterocycles. The van der Waals surface area contributed by atoms with E-state index in [1.807, 2.05) is 6.07 Å². The molecule has 0 radical (unpaired) electrons. The standard InChI is InChI=1S/C12H12N4O3/c13-4-7-1-2-10(17)9(3-7)11(18)16-12(14)15-8-5-19-6-8/h1-3,8,17H,5-6H2,(H3,14,15,16,18). The summed E-state index contributed by atoms with van der Waals surface area (Å²) in [5.41, 5.74) is 0.213. The van der Waals surface area contributed by atoms with Crippen LogP contribution in [-0.2, 0) is 4.74 Å². The molecule has 19 heavy (non-hydrogen) atoms. The fourth-order valence-corrected chi connectivity index (χ4v) is 1.53. The number of benzene rings is 1. The van der Waals surface area contributed by atoms with Crippen molar-refractivity contribution in [3.05, 3.63) is 29.3 Å². The van der Waals surface area contributed by atoms with Gasteiger partial charge in [0.15, 0.2) is 5.96 Å². The van der Waals surface area contributed by atoms with Crippen molar-refractivity contribution in [3.63, 3.8) is 0 Å². The third-order valence-corrected chi connectivity index (χ3v) is 2.60. The zero-order valence-electron chi connectivity index (χ0n) is 9.93. The molecule has 1 amide bonds. The Morgan fingerprint density at radius 2 is 2.26 bits per heavy atom. The Morgan fingerprint density at radius 1 is 1.53 bits per heavy atom. The zero-order valence-corrected chi connectivity index (χ0v) is 9.93. The Labute approximate surface area is 109 Å². The van der Waals surface area contributed by atoms with E-state index in [-0.39, 0.29) is 28.9 Å². The van der Waals surface area contributed by atoms with Gasteiger partial charge in [0, 0.05) is 0 Å². The van der Waals surface area contributed by atoms with E-state index in [1.54, 1.807) is 0 Å². The molecule has 1 aromatic rings. The summed E-state index contributed by atoms with van der Waals surface area (Å²) >= 11 is 0. The summed E-state index contributed by atoms with van der Waals surface area (Å²) in [5.74, 6) is -1.05. The number of rotatable bonds is 2. The second kappa shape index (κ2) is 5.37. The van der Waals surface area contributed by atoms with Crippen molar-refractivity contribution >= 4 is 11.9 Å². The number of guanidine groups is 1. The maximum Gasteiger partial charge on any atom is 0.261 e. The molecule has 1 aliphatic rings. The lowest BCUT2D eigenvalue weighted by Crippen LogP contribution is -2.53. The lowest BCUT2D eigenvalue weighted by Gasteiger charge is -2.27. The molecule has 98 valence electrons. The number of nitrogens with one attached hydrogen (secondary N) is 3. The van der Waals surface area contributed by atoms with Crippen molar-refractivity contribution in [1.29, 1.82) is 10.7 Å². The van der Waals surface area contributed by atoms with Gasteiger partial charge in [-0.15, -0.1) is 0 Å². The summed E-state index contributed by atoms with van der Waals surface area (Å²) in [6.07, 6.45) is 0. The average Bonchev–Trinajstić information content (AvgIpc) is 2.34. The van der Waals surface area contributed by atoms with E-state index < -0.39 is 5.91 Å². The fourth-order valence-electron chi connectivity index (χ4n) is 1.53. The van der Waals surface area contributed by atoms with Crippen LogP contribution < -0.4 is 10.6 Å². The first-order chi connectivity index (χ1) is 9.10. The molecule has 0 spiro atoms. The van der Waals surface area contributed by atoms with Gasteiger partial charge in [0.1, 0.15) is 5.75 Å². The van der Waals surface area contributed by atoms with Crippen LogP contribution in [0.25, 0.3) is 0 Å². The summed E-state index contributed by atoms with van der Waals surface area (Å²) in [4.78, 5) is 11.8. The molecule has 1 aliphatic heterocycles. The van der Waals surface area contributed by atoms with Crippen LogP contribution >= 0.6 is 0 Å². The van der Waals surface area contributed by atoms with Gasteiger partial charge in [0.2, 0.25) is 0 Å². The average molecular weight is 260 g/mol. The van der Waals surface area contributed by atoms with E-state index in [1.165, 1.54) is 18.2 Å². The number of hydrogen-bond acceptors (Lipinski definition) is 5. The molecule has 0 atom stereocenters. The van der Waals surface area contributed by atoms with Gasteiger partial charge in [0.05, 0.1) is 36.5 Å². The van der Waals surface area contributed by atoms with Crippen LogP contribution in [0.2, 0.25) is 0 Å². The van der Waals surface area contributed by atoms with Gasteiger partial charge >= 0.3 is 0 Å². The number of aromatic hydroxyl groups is 1. The number of nitriles is 1. The Bertz CT molecular complexity index is 561. The zero-order chi connectivity index (χ0) is 13.8. The largest absolute Gasteiger partial charge is 0.507 e. The minimum atomic E-state index is -0.646. The van der Waals surface area contributed by atoms with E-state index in [4.69, 9.17) is 15.4 Å². The predicted molar refractivity (Wildman–Crippen MR) is 65.8 cm³/mol. The van der Waals surface area contributed by atoms with Crippen molar-refractivity contribution in [1.82, 2.24) is 10.6 Å². The second-order valence-electron chi connectivity index (χ2n) is 4.05. The van der Waals surface area contributed by atoms with Crippen LogP contribution in [0.5, 0.6) is 5.75 Å². The van der Waals surface area contributed by atoms with E-state index in [2.05, 4.69) is 10.6 Å². The second-order valence-corrected chi connectivity index (χ2v) is 4.05. The molecule has 0 bridgehead atoms. The molecule has 0 saturated carbocycles. The Balaban J connectivity index is 2.02. The van der Waals surface area contributed by atoms with Crippen LogP contribution in [-0.4, -0.2) is 36.2 Å². The number of phenolic OH excluding ortho intramolecular Hbond substituents is 1. The maximum absolute atomic E-state index is 11.8. The molecule has 1 fully saturated rings. The first kappa shape index (κ1) is 12.9. The number of amides is 1. The molecule has 0 aliphatic carbocycles. The molecule has 7 heteroatoms. The van der Waals surface area contributed by atoms with Crippen molar-refractivity contribution in [2.75, 3.05) is 13.2 Å². The van der Waals surface area contributed by atoms with Gasteiger partial charge in [-0.3, -0.25) is 15.5 Å². The lowest BCUT2D eigenvalue weighted by molar-refractivity contribution is 0.00275. The molecule has 1 aromatic carbocycles. The fraction of sp³-hybridized carbons (Fsp3) is 0.250. The summed E-state index contributed by atoms with van der Waals surface area (Å²) < 4.78 is 4.93. The molecule has 4 N–H and O–H groups in total.